The maximum absolute atomic E-state index is 14.4. The molecule has 10 nitrogen and oxygen atoms in total. The van der Waals surface area contributed by atoms with Crippen LogP contribution < -0.4 is 16.0 Å². The maximum atomic E-state index is 14.4. The Hall–Kier alpha value is -3.50. The van der Waals surface area contributed by atoms with Gasteiger partial charge in [0.15, 0.2) is 0 Å². The molecule has 1 aromatic carbocycles. The van der Waals surface area contributed by atoms with E-state index in [1.165, 1.54) is 24.0 Å². The van der Waals surface area contributed by atoms with Crippen molar-refractivity contribution in [3.05, 3.63) is 29.9 Å². The molecule has 2 heterocycles. The highest BCUT2D eigenvalue weighted by molar-refractivity contribution is 5.90. The number of anilines is 1. The molecule has 0 radical (unpaired) electrons. The van der Waals surface area contributed by atoms with Gasteiger partial charge in [0.25, 0.3) is 0 Å². The average Bonchev–Trinajstić information content (AvgIpc) is 3.20. The van der Waals surface area contributed by atoms with E-state index in [-0.39, 0.29) is 36.1 Å². The molecule has 1 atom stereocenters. The lowest BCUT2D eigenvalue weighted by Gasteiger charge is -2.13. The highest BCUT2D eigenvalue weighted by Crippen LogP contribution is 2.27. The molecule has 26 heavy (non-hydrogen) atoms. The molecule has 3 rings (SSSR count). The summed E-state index contributed by atoms with van der Waals surface area (Å²) in [4.78, 5) is 38.8. The molecule has 1 aromatic heterocycles. The number of cyclic esters (lactones) is 1. The molecule has 1 saturated heterocycles. The number of aromatic nitrogens is 2. The Bertz CT molecular complexity index is 883. The summed E-state index contributed by atoms with van der Waals surface area (Å²) in [6.07, 6.45) is -1.19. The first-order valence-electron chi connectivity index (χ1n) is 7.51. The molecule has 0 bridgehead atoms. The third-order valence-corrected chi connectivity index (χ3v) is 3.59. The van der Waals surface area contributed by atoms with Crippen LogP contribution in [0, 0.1) is 5.82 Å². The van der Waals surface area contributed by atoms with Crippen LogP contribution in [0.5, 0.6) is 0 Å². The third kappa shape index (κ3) is 3.45. The van der Waals surface area contributed by atoms with Gasteiger partial charge in [0.05, 0.1) is 24.3 Å². The summed E-state index contributed by atoms with van der Waals surface area (Å²) in [5, 5.41) is 6.04. The van der Waals surface area contributed by atoms with Gasteiger partial charge in [-0.05, 0) is 18.2 Å². The van der Waals surface area contributed by atoms with Gasteiger partial charge in [-0.2, -0.15) is 4.98 Å². The predicted molar refractivity (Wildman–Crippen MR) is 84.5 cm³/mol. The van der Waals surface area contributed by atoms with Crippen LogP contribution in [0.3, 0.4) is 0 Å². The quantitative estimate of drug-likeness (QED) is 0.785. The fourth-order valence-corrected chi connectivity index (χ4v) is 2.38. The molecule has 1 aliphatic rings. The van der Waals surface area contributed by atoms with Crippen molar-refractivity contribution in [3.8, 4) is 11.4 Å². The van der Waals surface area contributed by atoms with Gasteiger partial charge in [-0.15, -0.1) is 0 Å². The van der Waals surface area contributed by atoms with Crippen LogP contribution in [0.25, 0.3) is 11.4 Å². The zero-order valence-corrected chi connectivity index (χ0v) is 13.6. The van der Waals surface area contributed by atoms with Crippen LogP contribution in [0.4, 0.5) is 14.9 Å². The zero-order chi connectivity index (χ0) is 18.8. The van der Waals surface area contributed by atoms with E-state index in [0.29, 0.717) is 0 Å². The highest BCUT2D eigenvalue weighted by Gasteiger charge is 2.33. The average molecular weight is 363 g/mol. The van der Waals surface area contributed by atoms with Gasteiger partial charge in [-0.1, -0.05) is 5.16 Å². The molecule has 0 spiro atoms. The number of nitrogens with two attached hydrogens (primary N) is 1. The Labute approximate surface area is 146 Å². The Balaban J connectivity index is 1.77. The molecule has 1 fully saturated rings. The molecule has 136 valence electrons. The van der Waals surface area contributed by atoms with E-state index in [2.05, 4.69) is 20.0 Å². The molecular weight excluding hydrogens is 349 g/mol. The summed E-state index contributed by atoms with van der Waals surface area (Å²) < 4.78 is 24.1. The van der Waals surface area contributed by atoms with Gasteiger partial charge >= 0.3 is 17.9 Å². The second kappa shape index (κ2) is 6.78. The zero-order valence-electron chi connectivity index (χ0n) is 13.6. The second-order valence-electron chi connectivity index (χ2n) is 5.50. The molecular formula is C15H14FN5O5. The number of nitrogens with zero attached hydrogens (tertiary/aromatic N) is 3. The van der Waals surface area contributed by atoms with E-state index in [1.807, 2.05) is 0 Å². The van der Waals surface area contributed by atoms with Gasteiger partial charge in [0.2, 0.25) is 11.7 Å². The van der Waals surface area contributed by atoms with Gasteiger partial charge in [0.1, 0.15) is 11.9 Å². The Morgan fingerprint density at radius 1 is 1.46 bits per heavy atom. The van der Waals surface area contributed by atoms with E-state index in [4.69, 9.17) is 10.5 Å². The van der Waals surface area contributed by atoms with Gasteiger partial charge < -0.3 is 20.3 Å². The molecule has 0 aliphatic carbocycles. The fraction of sp³-hybridized carbons (Fsp3) is 0.267. The highest BCUT2D eigenvalue weighted by atomic mass is 19.1. The standard InChI is InChI=1S/C15H14FN5O5/c1-7(22)18-5-9-6-21(15(24)25-9)8-2-3-10(11(16)4-8)13-19-14(12(17)23)26-20-13/h2-4,9H,5-6H2,1H3,(H2,17,23)(H,18,22). The number of rotatable bonds is 5. The Morgan fingerprint density at radius 3 is 2.85 bits per heavy atom. The number of hydrogen-bond acceptors (Lipinski definition) is 7. The van der Waals surface area contributed by atoms with Crippen molar-refractivity contribution in [1.82, 2.24) is 15.5 Å². The van der Waals surface area contributed by atoms with Crippen LogP contribution >= 0.6 is 0 Å². The molecule has 11 heteroatoms. The number of ether oxygens (including phenoxy) is 1. The normalized spacial score (nSPS) is 16.5. The van der Waals surface area contributed by atoms with Crippen LogP contribution in [0.15, 0.2) is 22.7 Å². The van der Waals surface area contributed by atoms with E-state index in [1.54, 1.807) is 0 Å². The SMILES string of the molecule is CC(=O)NCC1CN(c2ccc(-c3noc(C(N)=O)n3)c(F)c2)C(=O)O1. The van der Waals surface area contributed by atoms with Crippen molar-refractivity contribution >= 4 is 23.6 Å². The smallest absolute Gasteiger partial charge is 0.414 e. The van der Waals surface area contributed by atoms with E-state index >= 15 is 0 Å². The van der Waals surface area contributed by atoms with Crippen molar-refractivity contribution in [3.63, 3.8) is 0 Å². The molecule has 1 aliphatic heterocycles. The van der Waals surface area contributed by atoms with Crippen molar-refractivity contribution < 1.29 is 28.0 Å². The first-order chi connectivity index (χ1) is 12.3. The number of amides is 3. The topological polar surface area (TPSA) is 141 Å². The maximum Gasteiger partial charge on any atom is 0.414 e. The molecule has 3 N–H and O–H groups in total. The van der Waals surface area contributed by atoms with E-state index in [0.717, 1.165) is 6.07 Å². The van der Waals surface area contributed by atoms with Crippen molar-refractivity contribution in [2.75, 3.05) is 18.0 Å². The summed E-state index contributed by atoms with van der Waals surface area (Å²) in [5.41, 5.74) is 5.25. The minimum Gasteiger partial charge on any atom is -0.442 e. The van der Waals surface area contributed by atoms with Crippen LogP contribution in [-0.4, -0.2) is 47.2 Å². The largest absolute Gasteiger partial charge is 0.442 e. The van der Waals surface area contributed by atoms with Gasteiger partial charge in [-0.3, -0.25) is 14.5 Å². The van der Waals surface area contributed by atoms with E-state index < -0.39 is 29.8 Å². The number of nitrogens with one attached hydrogen (secondary N) is 1. The minimum atomic E-state index is -0.925. The second-order valence-corrected chi connectivity index (χ2v) is 5.50. The number of primary amides is 1. The molecule has 2 aromatic rings. The third-order valence-electron chi connectivity index (χ3n) is 3.59. The van der Waals surface area contributed by atoms with Crippen molar-refractivity contribution in [1.29, 1.82) is 0 Å². The number of halogens is 1. The molecule has 3 amide bonds. The number of benzene rings is 1. The fourth-order valence-electron chi connectivity index (χ4n) is 2.38. The minimum absolute atomic E-state index is 0.0210. The number of carbonyl (C=O) groups excluding carboxylic acids is 3. The van der Waals surface area contributed by atoms with Gasteiger partial charge in [-0.25, -0.2) is 9.18 Å². The van der Waals surface area contributed by atoms with Crippen molar-refractivity contribution in [2.45, 2.75) is 13.0 Å². The first-order valence-corrected chi connectivity index (χ1v) is 7.51. The van der Waals surface area contributed by atoms with Gasteiger partial charge in [0, 0.05) is 6.92 Å². The summed E-state index contributed by atoms with van der Waals surface area (Å²) in [6, 6.07) is 3.92. The molecule has 0 saturated carbocycles. The summed E-state index contributed by atoms with van der Waals surface area (Å²) >= 11 is 0. The van der Waals surface area contributed by atoms with Crippen LogP contribution in [0.2, 0.25) is 0 Å². The summed E-state index contributed by atoms with van der Waals surface area (Å²) in [5.74, 6) is -2.48. The lowest BCUT2D eigenvalue weighted by molar-refractivity contribution is -0.119. The lowest BCUT2D eigenvalue weighted by atomic mass is 10.1. The van der Waals surface area contributed by atoms with E-state index in [9.17, 15) is 18.8 Å². The number of carbonyl (C=O) groups is 3. The Morgan fingerprint density at radius 2 is 2.23 bits per heavy atom. The molecule has 1 unspecified atom stereocenters. The van der Waals surface area contributed by atoms with Crippen molar-refractivity contribution in [2.24, 2.45) is 5.73 Å². The monoisotopic (exact) mass is 363 g/mol. The predicted octanol–water partition coefficient (Wildman–Crippen LogP) is 0.436. The lowest BCUT2D eigenvalue weighted by Crippen LogP contribution is -2.33. The first kappa shape index (κ1) is 17.3. The van der Waals surface area contributed by atoms with Crippen LogP contribution in [-0.2, 0) is 9.53 Å². The Kier molecular flexibility index (Phi) is 4.52. The number of hydrogen-bond donors (Lipinski definition) is 2. The van der Waals surface area contributed by atoms with Crippen LogP contribution in [0.1, 0.15) is 17.6 Å². The summed E-state index contributed by atoms with van der Waals surface area (Å²) in [6.45, 7) is 1.67. The summed E-state index contributed by atoms with van der Waals surface area (Å²) in [7, 11) is 0.